The van der Waals surface area contributed by atoms with Crippen molar-refractivity contribution in [1.29, 1.82) is 0 Å². The van der Waals surface area contributed by atoms with Crippen LogP contribution in [0, 0.1) is 49.9 Å². The molecular formula is CF3FrO3S. The smallest absolute Gasteiger partial charge is 0.741 e. The van der Waals surface area contributed by atoms with E-state index in [0.717, 1.165) is 0 Å². The first-order chi connectivity index (χ1) is 3.25. The fourth-order valence-electron chi connectivity index (χ4n) is 0. The molecule has 0 fully saturated rings. The van der Waals surface area contributed by atoms with Crippen LogP contribution in [0.5, 0.6) is 0 Å². The van der Waals surface area contributed by atoms with E-state index in [-0.39, 0.29) is 49.9 Å². The van der Waals surface area contributed by atoms with E-state index in [2.05, 4.69) is 0 Å². The van der Waals surface area contributed by atoms with Gasteiger partial charge in [-0.15, -0.1) is 0 Å². The number of rotatable bonds is 0. The fraction of sp³-hybridized carbons (Fsp3) is 1.00. The second-order valence-corrected chi connectivity index (χ2v) is 2.27. The summed E-state index contributed by atoms with van der Waals surface area (Å²) in [5.74, 6) is 0. The van der Waals surface area contributed by atoms with Crippen LogP contribution in [-0.4, -0.2) is 18.5 Å². The first-order valence-electron chi connectivity index (χ1n) is 1.27. The third kappa shape index (κ3) is 4.67. The molecule has 0 aliphatic carbocycles. The summed E-state index contributed by atoms with van der Waals surface area (Å²) in [6.45, 7) is 0. The molecule has 0 aromatic heterocycles. The molecule has 0 bridgehead atoms. The Kier molecular flexibility index (Phi) is 5.20. The van der Waals surface area contributed by atoms with Crippen LogP contribution in [0.2, 0.25) is 0 Å². The summed E-state index contributed by atoms with van der Waals surface area (Å²) in [6.07, 6.45) is 0. The second kappa shape index (κ2) is 3.62. The molecule has 0 aromatic carbocycles. The van der Waals surface area contributed by atoms with Gasteiger partial charge in [0.1, 0.15) is 0 Å². The van der Waals surface area contributed by atoms with Crippen molar-refractivity contribution < 1.29 is 76.0 Å². The van der Waals surface area contributed by atoms with E-state index in [1.165, 1.54) is 0 Å². The normalized spacial score (nSPS) is 12.4. The summed E-state index contributed by atoms with van der Waals surface area (Å²) >= 11 is 0. The summed E-state index contributed by atoms with van der Waals surface area (Å²) in [7, 11) is -6.09. The van der Waals surface area contributed by atoms with Crippen molar-refractivity contribution in [3.63, 3.8) is 0 Å². The monoisotopic (exact) mass is 372 g/mol. The van der Waals surface area contributed by atoms with E-state index in [1.807, 2.05) is 0 Å². The van der Waals surface area contributed by atoms with Gasteiger partial charge in [0.25, 0.3) is 0 Å². The van der Waals surface area contributed by atoms with Crippen molar-refractivity contribution >= 4 is 10.1 Å². The molecule has 0 spiro atoms. The molecule has 9 heavy (non-hydrogen) atoms. The molecule has 0 unspecified atom stereocenters. The van der Waals surface area contributed by atoms with Crippen molar-refractivity contribution in [3.8, 4) is 0 Å². The Balaban J connectivity index is 0. The van der Waals surface area contributed by atoms with Gasteiger partial charge in [-0.05, 0) is 0 Å². The molecule has 0 aromatic rings. The zero-order valence-corrected chi connectivity index (χ0v) is 13.3. The van der Waals surface area contributed by atoms with Crippen LogP contribution < -0.4 is 0 Å². The summed E-state index contributed by atoms with van der Waals surface area (Å²) in [5.41, 5.74) is -5.65. The molecule has 0 amide bonds. The van der Waals surface area contributed by atoms with Gasteiger partial charge in [-0.25, -0.2) is 8.42 Å². The Labute approximate surface area is 90.4 Å². The van der Waals surface area contributed by atoms with Gasteiger partial charge in [-0.3, -0.25) is 0 Å². The van der Waals surface area contributed by atoms with Crippen molar-refractivity contribution in [2.75, 3.05) is 0 Å². The van der Waals surface area contributed by atoms with Crippen LogP contribution in [-0.2, 0) is 10.1 Å². The molecule has 0 aliphatic heterocycles. The van der Waals surface area contributed by atoms with Crippen molar-refractivity contribution in [2.45, 2.75) is 5.51 Å². The number of halogens is 3. The summed E-state index contributed by atoms with van der Waals surface area (Å²) in [5, 5.41) is 0. The van der Waals surface area contributed by atoms with Crippen LogP contribution in [0.1, 0.15) is 0 Å². The first-order valence-corrected chi connectivity index (χ1v) is 2.68. The molecule has 0 saturated heterocycles. The molecule has 0 radical (unpaired) electrons. The minimum atomic E-state index is -6.09. The Morgan fingerprint density at radius 2 is 1.33 bits per heavy atom. The van der Waals surface area contributed by atoms with Gasteiger partial charge >= 0.3 is 55.4 Å². The van der Waals surface area contributed by atoms with Gasteiger partial charge in [-0.2, -0.15) is 13.2 Å². The van der Waals surface area contributed by atoms with E-state index in [4.69, 9.17) is 13.0 Å². The molecule has 8 heteroatoms. The largest absolute Gasteiger partial charge is 1.00 e. The molecule has 0 N–H and O–H groups in total. The minimum absolute atomic E-state index is 0. The maximum atomic E-state index is 10.7. The molecule has 0 rings (SSSR count). The number of hydrogen-bond donors (Lipinski definition) is 0. The zero-order valence-electron chi connectivity index (χ0n) is 4.27. The van der Waals surface area contributed by atoms with E-state index in [9.17, 15) is 13.2 Å². The van der Waals surface area contributed by atoms with E-state index in [1.54, 1.807) is 0 Å². The second-order valence-electron chi connectivity index (χ2n) is 0.900. The van der Waals surface area contributed by atoms with Crippen molar-refractivity contribution in [3.05, 3.63) is 0 Å². The third-order valence-corrected chi connectivity index (χ3v) is 0.850. The molecular weight excluding hydrogens is 372 g/mol. The third-order valence-electron chi connectivity index (χ3n) is 0.283. The Morgan fingerprint density at radius 1 is 1.22 bits per heavy atom. The summed E-state index contributed by atoms with van der Waals surface area (Å²) < 4.78 is 58.9. The van der Waals surface area contributed by atoms with Crippen LogP contribution in [0.3, 0.4) is 0 Å². The SMILES string of the molecule is O=S(=O)([O-])C(F)(F)F.[Fr+]. The number of alkyl halides is 3. The van der Waals surface area contributed by atoms with Gasteiger partial charge in [0, 0.05) is 0 Å². The van der Waals surface area contributed by atoms with Gasteiger partial charge in [-0.1, -0.05) is 0 Å². The molecule has 0 aliphatic rings. The van der Waals surface area contributed by atoms with Crippen molar-refractivity contribution in [2.24, 2.45) is 0 Å². The number of hydrogen-bond acceptors (Lipinski definition) is 3. The molecule has 3 nitrogen and oxygen atoms in total. The van der Waals surface area contributed by atoms with Crippen LogP contribution in [0.4, 0.5) is 13.2 Å². The van der Waals surface area contributed by atoms with Crippen LogP contribution in [0.25, 0.3) is 0 Å². The van der Waals surface area contributed by atoms with Crippen LogP contribution >= 0.6 is 0 Å². The van der Waals surface area contributed by atoms with Gasteiger partial charge < -0.3 is 4.55 Å². The predicted molar refractivity (Wildman–Crippen MR) is 15.8 cm³/mol. The minimum Gasteiger partial charge on any atom is -0.741 e. The van der Waals surface area contributed by atoms with Crippen LogP contribution in [0.15, 0.2) is 0 Å². The Hall–Kier alpha value is 1.30. The topological polar surface area (TPSA) is 57.2 Å². The molecule has 0 heterocycles. The Bertz CT molecular complexity index is 168. The Morgan fingerprint density at radius 3 is 1.33 bits per heavy atom. The molecule has 0 saturated carbocycles. The quantitative estimate of drug-likeness (QED) is 0.446. The molecule has 50 valence electrons. The van der Waals surface area contributed by atoms with Crippen molar-refractivity contribution in [1.82, 2.24) is 0 Å². The van der Waals surface area contributed by atoms with E-state index >= 15 is 0 Å². The predicted octanol–water partition coefficient (Wildman–Crippen LogP) is 0.0514. The molecule has 0 atom stereocenters. The van der Waals surface area contributed by atoms with E-state index < -0.39 is 15.6 Å². The maximum absolute atomic E-state index is 10.7. The standard InChI is InChI=1S/CHF3O3S.Fr/c2-1(3,4)8(5,6)7;/h(H,5,6,7);/q;+1/p-1. The van der Waals surface area contributed by atoms with Gasteiger partial charge in [0.2, 0.25) is 0 Å². The van der Waals surface area contributed by atoms with E-state index in [0.29, 0.717) is 0 Å². The van der Waals surface area contributed by atoms with Gasteiger partial charge in [0.15, 0.2) is 10.1 Å². The fourth-order valence-corrected chi connectivity index (χ4v) is 0. The summed E-state index contributed by atoms with van der Waals surface area (Å²) in [6, 6.07) is 0. The first kappa shape index (κ1) is 12.9. The van der Waals surface area contributed by atoms with Gasteiger partial charge in [0.05, 0.1) is 0 Å². The average Bonchev–Trinajstić information content (AvgIpc) is 1.25. The average molecular weight is 372 g/mol. The maximum Gasteiger partial charge on any atom is 1.00 e. The zero-order chi connectivity index (χ0) is 7.00. The summed E-state index contributed by atoms with van der Waals surface area (Å²) in [4.78, 5) is 0.